The zero-order chi connectivity index (χ0) is 22.1. The maximum absolute atomic E-state index is 13.4. The first kappa shape index (κ1) is 21.2. The van der Waals surface area contributed by atoms with Gasteiger partial charge in [0.15, 0.2) is 5.16 Å². The number of nitrogens with zero attached hydrogens (tertiary/aromatic N) is 3. The Bertz CT molecular complexity index is 1200. The van der Waals surface area contributed by atoms with Gasteiger partial charge in [0.1, 0.15) is 0 Å². The van der Waals surface area contributed by atoms with Gasteiger partial charge in [-0.25, -0.2) is 4.98 Å². The molecule has 0 spiro atoms. The lowest BCUT2D eigenvalue weighted by molar-refractivity contribution is -0.117. The molecule has 3 aromatic rings. The smallest absolute Gasteiger partial charge is 0.262 e. The number of thioether (sulfide) groups is 1. The van der Waals surface area contributed by atoms with E-state index in [0.717, 1.165) is 38.0 Å². The minimum absolute atomic E-state index is 0.00925. The predicted molar refractivity (Wildman–Crippen MR) is 127 cm³/mol. The average Bonchev–Trinajstić information content (AvgIpc) is 3.34. The molecular formula is C25H27N3O3S. The number of hydrogen-bond donors (Lipinski definition) is 0. The van der Waals surface area contributed by atoms with Crippen LogP contribution in [-0.2, 0) is 22.5 Å². The van der Waals surface area contributed by atoms with E-state index in [1.54, 1.807) is 4.57 Å². The van der Waals surface area contributed by atoms with Crippen molar-refractivity contribution < 1.29 is 9.53 Å². The van der Waals surface area contributed by atoms with Gasteiger partial charge < -0.3 is 9.64 Å². The number of carbonyl (C=O) groups excluding carboxylic acids is 1. The Hall–Kier alpha value is -2.64. The summed E-state index contributed by atoms with van der Waals surface area (Å²) in [5.41, 5.74) is 2.80. The van der Waals surface area contributed by atoms with Crippen LogP contribution in [0.25, 0.3) is 10.9 Å². The largest absolute Gasteiger partial charge is 0.376 e. The van der Waals surface area contributed by atoms with Crippen LogP contribution in [0.4, 0.5) is 5.69 Å². The Balaban J connectivity index is 1.46. The summed E-state index contributed by atoms with van der Waals surface area (Å²) in [7, 11) is 0. The monoisotopic (exact) mass is 449 g/mol. The SMILES string of the molecule is C[C@H](Sc1nc2ccccc2c(=O)n1C[C@H]1CCCO1)C(=O)N1CCCc2ccccc21. The molecule has 2 atom stereocenters. The number of anilines is 1. The fourth-order valence-electron chi connectivity index (χ4n) is 4.58. The number of rotatable bonds is 5. The van der Waals surface area contributed by atoms with Crippen molar-refractivity contribution in [1.29, 1.82) is 0 Å². The molecule has 6 nitrogen and oxygen atoms in total. The zero-order valence-corrected chi connectivity index (χ0v) is 19.0. The fourth-order valence-corrected chi connectivity index (χ4v) is 5.56. The summed E-state index contributed by atoms with van der Waals surface area (Å²) in [5, 5.41) is 0.805. The van der Waals surface area contributed by atoms with Crippen LogP contribution in [0.2, 0.25) is 0 Å². The summed E-state index contributed by atoms with van der Waals surface area (Å²) in [6.07, 6.45) is 3.90. The maximum atomic E-state index is 13.4. The van der Waals surface area contributed by atoms with E-state index >= 15 is 0 Å². The zero-order valence-electron chi connectivity index (χ0n) is 18.2. The highest BCUT2D eigenvalue weighted by Gasteiger charge is 2.28. The summed E-state index contributed by atoms with van der Waals surface area (Å²) >= 11 is 1.36. The number of fused-ring (bicyclic) bond motifs is 2. The first-order valence-corrected chi connectivity index (χ1v) is 12.2. The maximum Gasteiger partial charge on any atom is 0.262 e. The number of ether oxygens (including phenoxy) is 1. The molecule has 7 heteroatoms. The lowest BCUT2D eigenvalue weighted by Crippen LogP contribution is -2.40. The van der Waals surface area contributed by atoms with Gasteiger partial charge >= 0.3 is 0 Å². The minimum Gasteiger partial charge on any atom is -0.376 e. The fraction of sp³-hybridized carbons (Fsp3) is 0.400. The van der Waals surface area contributed by atoms with E-state index in [-0.39, 0.29) is 22.8 Å². The molecular weight excluding hydrogens is 422 g/mol. The molecule has 32 heavy (non-hydrogen) atoms. The Morgan fingerprint density at radius 2 is 2.00 bits per heavy atom. The molecule has 0 radical (unpaired) electrons. The normalized spacial score (nSPS) is 19.2. The molecule has 2 aliphatic heterocycles. The van der Waals surface area contributed by atoms with Crippen LogP contribution in [0.3, 0.4) is 0 Å². The topological polar surface area (TPSA) is 64.4 Å². The molecule has 1 aromatic heterocycles. The van der Waals surface area contributed by atoms with Gasteiger partial charge in [0.2, 0.25) is 5.91 Å². The van der Waals surface area contributed by atoms with Gasteiger partial charge in [0.05, 0.1) is 28.8 Å². The van der Waals surface area contributed by atoms with Gasteiger partial charge in [-0.05, 0) is 56.4 Å². The van der Waals surface area contributed by atoms with E-state index < -0.39 is 0 Å². The third-order valence-electron chi connectivity index (χ3n) is 6.24. The molecule has 5 rings (SSSR count). The lowest BCUT2D eigenvalue weighted by atomic mass is 10.0. The molecule has 1 amide bonds. The van der Waals surface area contributed by atoms with Crippen molar-refractivity contribution in [3.8, 4) is 0 Å². The van der Waals surface area contributed by atoms with Crippen molar-refractivity contribution in [2.75, 3.05) is 18.1 Å². The van der Waals surface area contributed by atoms with Crippen LogP contribution in [0.5, 0.6) is 0 Å². The molecule has 3 heterocycles. The second kappa shape index (κ2) is 9.08. The predicted octanol–water partition coefficient (Wildman–Crippen LogP) is 4.04. The number of hydrogen-bond acceptors (Lipinski definition) is 5. The van der Waals surface area contributed by atoms with Crippen molar-refractivity contribution in [2.24, 2.45) is 0 Å². The van der Waals surface area contributed by atoms with Crippen LogP contribution in [0.15, 0.2) is 58.5 Å². The molecule has 166 valence electrons. The molecule has 0 bridgehead atoms. The quantitative estimate of drug-likeness (QED) is 0.435. The molecule has 1 saturated heterocycles. The highest BCUT2D eigenvalue weighted by atomic mass is 32.2. The third kappa shape index (κ3) is 4.07. The summed E-state index contributed by atoms with van der Waals surface area (Å²) in [5.74, 6) is 0.0493. The Labute approximate surface area is 191 Å². The molecule has 2 aromatic carbocycles. The van der Waals surface area contributed by atoms with Gasteiger partial charge in [-0.3, -0.25) is 14.2 Å². The van der Waals surface area contributed by atoms with Crippen LogP contribution in [-0.4, -0.2) is 40.0 Å². The summed E-state index contributed by atoms with van der Waals surface area (Å²) in [6, 6.07) is 15.5. The Morgan fingerprint density at radius 3 is 2.84 bits per heavy atom. The van der Waals surface area contributed by atoms with Crippen molar-refractivity contribution in [2.45, 2.75) is 55.7 Å². The number of carbonyl (C=O) groups is 1. The highest BCUT2D eigenvalue weighted by Crippen LogP contribution is 2.31. The number of aromatic nitrogens is 2. The van der Waals surface area contributed by atoms with Crippen molar-refractivity contribution in [3.05, 3.63) is 64.4 Å². The molecule has 0 N–H and O–H groups in total. The number of aryl methyl sites for hydroxylation is 1. The molecule has 0 saturated carbocycles. The van der Waals surface area contributed by atoms with E-state index in [4.69, 9.17) is 9.72 Å². The lowest BCUT2D eigenvalue weighted by Gasteiger charge is -2.31. The number of benzene rings is 2. The number of amides is 1. The van der Waals surface area contributed by atoms with Gasteiger partial charge in [-0.15, -0.1) is 0 Å². The van der Waals surface area contributed by atoms with Gasteiger partial charge in [0.25, 0.3) is 5.56 Å². The average molecular weight is 450 g/mol. The van der Waals surface area contributed by atoms with E-state index in [9.17, 15) is 9.59 Å². The summed E-state index contributed by atoms with van der Waals surface area (Å²) in [6.45, 7) is 3.81. The Kier molecular flexibility index (Phi) is 6.02. The van der Waals surface area contributed by atoms with E-state index in [0.29, 0.717) is 29.1 Å². The van der Waals surface area contributed by atoms with Gasteiger partial charge in [-0.1, -0.05) is 42.1 Å². The van der Waals surface area contributed by atoms with E-state index in [1.165, 1.54) is 17.3 Å². The van der Waals surface area contributed by atoms with Crippen LogP contribution < -0.4 is 10.5 Å². The van der Waals surface area contributed by atoms with Crippen LogP contribution >= 0.6 is 11.8 Å². The Morgan fingerprint density at radius 1 is 1.19 bits per heavy atom. The van der Waals surface area contributed by atoms with Gasteiger partial charge in [-0.2, -0.15) is 0 Å². The van der Waals surface area contributed by atoms with Crippen LogP contribution in [0.1, 0.15) is 31.7 Å². The summed E-state index contributed by atoms with van der Waals surface area (Å²) in [4.78, 5) is 33.4. The van der Waals surface area contributed by atoms with E-state index in [1.807, 2.05) is 54.3 Å². The van der Waals surface area contributed by atoms with Crippen molar-refractivity contribution in [3.63, 3.8) is 0 Å². The van der Waals surface area contributed by atoms with E-state index in [2.05, 4.69) is 6.07 Å². The highest BCUT2D eigenvalue weighted by molar-refractivity contribution is 8.00. The third-order valence-corrected chi connectivity index (χ3v) is 7.32. The molecule has 1 fully saturated rings. The van der Waals surface area contributed by atoms with Crippen molar-refractivity contribution >= 4 is 34.3 Å². The standard InChI is InChI=1S/C25H27N3O3S/c1-17(23(29)27-14-6-9-18-8-2-5-13-22(18)27)32-25-26-21-12-4-3-11-20(21)24(30)28(25)16-19-10-7-15-31-19/h2-5,8,11-13,17,19H,6-7,9-10,14-16H2,1H3/t17-,19+/m0/s1. The number of para-hydroxylation sites is 2. The summed E-state index contributed by atoms with van der Waals surface area (Å²) < 4.78 is 7.50. The van der Waals surface area contributed by atoms with Crippen LogP contribution in [0, 0.1) is 0 Å². The second-order valence-corrected chi connectivity index (χ2v) is 9.75. The first-order chi connectivity index (χ1) is 15.6. The van der Waals surface area contributed by atoms with Crippen molar-refractivity contribution in [1.82, 2.24) is 9.55 Å². The molecule has 0 unspecified atom stereocenters. The first-order valence-electron chi connectivity index (χ1n) is 11.3. The molecule has 0 aliphatic carbocycles. The molecule has 2 aliphatic rings. The minimum atomic E-state index is -0.370. The van der Waals surface area contributed by atoms with Gasteiger partial charge in [0, 0.05) is 18.8 Å². The second-order valence-electron chi connectivity index (χ2n) is 8.44.